The van der Waals surface area contributed by atoms with Crippen molar-refractivity contribution in [1.82, 2.24) is 0 Å². The van der Waals surface area contributed by atoms with E-state index in [-0.39, 0.29) is 0 Å². The lowest BCUT2D eigenvalue weighted by molar-refractivity contribution is 1.54. The van der Waals surface area contributed by atoms with Crippen molar-refractivity contribution in [3.8, 4) is 0 Å². The van der Waals surface area contributed by atoms with Gasteiger partial charge in [0, 0.05) is 6.20 Å². The Hall–Kier alpha value is -1.15. The van der Waals surface area contributed by atoms with E-state index in [0.717, 1.165) is 15.8 Å². The molecule has 1 aromatic rings. The standard InChI is InChI=1S/C12H12BrN/c1-3-11(9-14-10(2)13)12-7-5-4-6-8-12/h3-9H,1H2,2H3/b11-9+,14-10?. The van der Waals surface area contributed by atoms with Crippen molar-refractivity contribution in [2.24, 2.45) is 4.99 Å². The molecule has 2 heteroatoms. The van der Waals surface area contributed by atoms with Gasteiger partial charge in [-0.15, -0.1) is 0 Å². The van der Waals surface area contributed by atoms with E-state index in [1.165, 1.54) is 0 Å². The van der Waals surface area contributed by atoms with E-state index in [2.05, 4.69) is 27.5 Å². The van der Waals surface area contributed by atoms with Gasteiger partial charge in [0.2, 0.25) is 0 Å². The van der Waals surface area contributed by atoms with E-state index >= 15 is 0 Å². The minimum atomic E-state index is 0.854. The van der Waals surface area contributed by atoms with Gasteiger partial charge in [-0.3, -0.25) is 4.99 Å². The van der Waals surface area contributed by atoms with E-state index in [1.807, 2.05) is 37.3 Å². The highest BCUT2D eigenvalue weighted by Gasteiger charge is 1.94. The van der Waals surface area contributed by atoms with Gasteiger partial charge in [-0.05, 0) is 34.0 Å². The Morgan fingerprint density at radius 2 is 2.00 bits per heavy atom. The Bertz CT molecular complexity index is 359. The minimum Gasteiger partial charge on any atom is -0.254 e. The molecule has 1 rings (SSSR count). The van der Waals surface area contributed by atoms with Crippen LogP contribution < -0.4 is 0 Å². The van der Waals surface area contributed by atoms with Crippen molar-refractivity contribution in [3.05, 3.63) is 54.8 Å². The zero-order chi connectivity index (χ0) is 10.4. The van der Waals surface area contributed by atoms with Gasteiger partial charge < -0.3 is 0 Å². The van der Waals surface area contributed by atoms with Crippen LogP contribution in [-0.4, -0.2) is 4.62 Å². The van der Waals surface area contributed by atoms with E-state index in [1.54, 1.807) is 12.3 Å². The molecule has 1 aromatic carbocycles. The number of hydrogen-bond donors (Lipinski definition) is 0. The van der Waals surface area contributed by atoms with Crippen molar-refractivity contribution in [3.63, 3.8) is 0 Å². The Morgan fingerprint density at radius 1 is 1.36 bits per heavy atom. The number of rotatable bonds is 3. The lowest BCUT2D eigenvalue weighted by atomic mass is 10.1. The quantitative estimate of drug-likeness (QED) is 0.567. The summed E-state index contributed by atoms with van der Waals surface area (Å²) in [5.41, 5.74) is 2.14. The molecule has 0 radical (unpaired) electrons. The van der Waals surface area contributed by atoms with Crippen LogP contribution in [0.2, 0.25) is 0 Å². The smallest absolute Gasteiger partial charge is 0.0798 e. The van der Waals surface area contributed by atoms with Gasteiger partial charge in [-0.2, -0.15) is 0 Å². The molecule has 0 aliphatic heterocycles. The first-order valence-electron chi connectivity index (χ1n) is 4.32. The molecular formula is C12H12BrN. The van der Waals surface area contributed by atoms with Crippen LogP contribution >= 0.6 is 15.9 Å². The van der Waals surface area contributed by atoms with Crippen molar-refractivity contribution in [2.75, 3.05) is 0 Å². The summed E-state index contributed by atoms with van der Waals surface area (Å²) in [5.74, 6) is 0. The van der Waals surface area contributed by atoms with Crippen LogP contribution in [-0.2, 0) is 0 Å². The molecule has 0 fully saturated rings. The maximum atomic E-state index is 4.17. The molecule has 0 aromatic heterocycles. The van der Waals surface area contributed by atoms with Crippen LogP contribution in [0.1, 0.15) is 12.5 Å². The maximum Gasteiger partial charge on any atom is 0.0798 e. The molecule has 0 N–H and O–H groups in total. The molecule has 0 heterocycles. The van der Waals surface area contributed by atoms with Crippen LogP contribution in [0.5, 0.6) is 0 Å². The largest absolute Gasteiger partial charge is 0.254 e. The van der Waals surface area contributed by atoms with Crippen LogP contribution in [0.3, 0.4) is 0 Å². The summed E-state index contributed by atoms with van der Waals surface area (Å²) >= 11 is 3.28. The molecular weight excluding hydrogens is 238 g/mol. The normalized spacial score (nSPS) is 12.7. The molecule has 0 amide bonds. The Balaban J connectivity index is 2.99. The average Bonchev–Trinajstić information content (AvgIpc) is 2.20. The second-order valence-electron chi connectivity index (χ2n) is 2.78. The first-order chi connectivity index (χ1) is 6.74. The summed E-state index contributed by atoms with van der Waals surface area (Å²) in [5, 5.41) is 0. The van der Waals surface area contributed by atoms with Gasteiger partial charge >= 0.3 is 0 Å². The third kappa shape index (κ3) is 3.30. The third-order valence-corrected chi connectivity index (χ3v) is 1.91. The van der Waals surface area contributed by atoms with Crippen LogP contribution in [0, 0.1) is 0 Å². The fraction of sp³-hybridized carbons (Fsp3) is 0.0833. The molecule has 0 spiro atoms. The topological polar surface area (TPSA) is 12.4 Å². The predicted molar refractivity (Wildman–Crippen MR) is 66.7 cm³/mol. The summed E-state index contributed by atoms with van der Waals surface area (Å²) in [7, 11) is 0. The first-order valence-corrected chi connectivity index (χ1v) is 5.11. The van der Waals surface area contributed by atoms with Gasteiger partial charge in [0.15, 0.2) is 0 Å². The summed E-state index contributed by atoms with van der Waals surface area (Å²) in [6.45, 7) is 5.65. The Morgan fingerprint density at radius 3 is 2.50 bits per heavy atom. The van der Waals surface area contributed by atoms with Gasteiger partial charge in [0.25, 0.3) is 0 Å². The highest BCUT2D eigenvalue weighted by atomic mass is 79.9. The van der Waals surface area contributed by atoms with Gasteiger partial charge in [0.1, 0.15) is 0 Å². The lowest BCUT2D eigenvalue weighted by Gasteiger charge is -1.99. The number of nitrogens with zero attached hydrogens (tertiary/aromatic N) is 1. The minimum absolute atomic E-state index is 0.854. The third-order valence-electron chi connectivity index (χ3n) is 1.71. The van der Waals surface area contributed by atoms with Crippen molar-refractivity contribution < 1.29 is 0 Å². The van der Waals surface area contributed by atoms with Gasteiger partial charge in [-0.1, -0.05) is 43.0 Å². The monoisotopic (exact) mass is 249 g/mol. The number of benzene rings is 1. The van der Waals surface area contributed by atoms with Crippen LogP contribution in [0.25, 0.3) is 5.57 Å². The first kappa shape index (κ1) is 10.9. The fourth-order valence-corrected chi connectivity index (χ4v) is 1.14. The number of hydrogen-bond acceptors (Lipinski definition) is 1. The SMILES string of the molecule is C=C/C(=C\N=C(C)Br)c1ccccc1. The highest BCUT2D eigenvalue weighted by Crippen LogP contribution is 2.14. The van der Waals surface area contributed by atoms with Crippen molar-refractivity contribution in [1.29, 1.82) is 0 Å². The second kappa shape index (κ2) is 5.55. The predicted octanol–water partition coefficient (Wildman–Crippen LogP) is 4.03. The molecule has 14 heavy (non-hydrogen) atoms. The maximum absolute atomic E-state index is 4.17. The average molecular weight is 250 g/mol. The molecule has 1 nitrogen and oxygen atoms in total. The van der Waals surface area contributed by atoms with Crippen LogP contribution in [0.4, 0.5) is 0 Å². The molecule has 0 aliphatic carbocycles. The Labute approximate surface area is 93.0 Å². The van der Waals surface area contributed by atoms with Crippen molar-refractivity contribution in [2.45, 2.75) is 6.92 Å². The van der Waals surface area contributed by atoms with E-state index in [9.17, 15) is 0 Å². The molecule has 0 atom stereocenters. The van der Waals surface area contributed by atoms with Gasteiger partial charge in [-0.25, -0.2) is 0 Å². The van der Waals surface area contributed by atoms with E-state index in [0.29, 0.717) is 0 Å². The van der Waals surface area contributed by atoms with E-state index in [4.69, 9.17) is 0 Å². The molecule has 0 unspecified atom stereocenters. The zero-order valence-electron chi connectivity index (χ0n) is 8.07. The molecule has 0 bridgehead atoms. The van der Waals surface area contributed by atoms with E-state index < -0.39 is 0 Å². The molecule has 0 saturated carbocycles. The number of aliphatic imine (C=N–C) groups is 1. The molecule has 72 valence electrons. The van der Waals surface area contributed by atoms with Gasteiger partial charge in [0.05, 0.1) is 4.62 Å². The Kier molecular flexibility index (Phi) is 4.33. The number of allylic oxidation sites excluding steroid dienone is 2. The van der Waals surface area contributed by atoms with Crippen LogP contribution in [0.15, 0.2) is 54.2 Å². The summed E-state index contributed by atoms with van der Waals surface area (Å²) in [6.07, 6.45) is 3.60. The zero-order valence-corrected chi connectivity index (χ0v) is 9.66. The number of halogens is 1. The molecule has 0 saturated heterocycles. The highest BCUT2D eigenvalue weighted by molar-refractivity contribution is 9.18. The summed E-state index contributed by atoms with van der Waals surface area (Å²) in [4.78, 5) is 4.17. The lowest BCUT2D eigenvalue weighted by Crippen LogP contribution is -1.79. The fourth-order valence-electron chi connectivity index (χ4n) is 1.03. The second-order valence-corrected chi connectivity index (χ2v) is 3.93. The summed E-state index contributed by atoms with van der Waals surface area (Å²) in [6, 6.07) is 10.1. The summed E-state index contributed by atoms with van der Waals surface area (Å²) < 4.78 is 0.854. The van der Waals surface area contributed by atoms with Crippen molar-refractivity contribution >= 4 is 26.1 Å². The molecule has 0 aliphatic rings.